The summed E-state index contributed by atoms with van der Waals surface area (Å²) in [6.45, 7) is 5.82. The van der Waals surface area contributed by atoms with Gasteiger partial charge in [-0.25, -0.2) is 0 Å². The Bertz CT molecular complexity index is 994. The van der Waals surface area contributed by atoms with Crippen LogP contribution in [0, 0.1) is 10.1 Å². The van der Waals surface area contributed by atoms with Crippen molar-refractivity contribution >= 4 is 22.3 Å². The van der Waals surface area contributed by atoms with Crippen LogP contribution in [-0.2, 0) is 6.42 Å². The highest BCUT2D eigenvalue weighted by Gasteiger charge is 2.18. The molecule has 0 unspecified atom stereocenters. The first kappa shape index (κ1) is 20.2. The molecule has 3 aromatic rings. The molecule has 2 heterocycles. The Kier molecular flexibility index (Phi) is 6.15. The zero-order valence-electron chi connectivity index (χ0n) is 16.9. The summed E-state index contributed by atoms with van der Waals surface area (Å²) in [7, 11) is 0. The van der Waals surface area contributed by atoms with E-state index in [2.05, 4.69) is 20.9 Å². The normalized spacial score (nSPS) is 14.9. The zero-order chi connectivity index (χ0) is 20.9. The first-order valence-corrected chi connectivity index (χ1v) is 10.3. The summed E-state index contributed by atoms with van der Waals surface area (Å²) in [6, 6.07) is 12.9. The van der Waals surface area contributed by atoms with E-state index in [4.69, 9.17) is 10.5 Å². The number of hydrogen-bond donors (Lipinski definition) is 2. The van der Waals surface area contributed by atoms with Gasteiger partial charge in [0.05, 0.1) is 4.92 Å². The van der Waals surface area contributed by atoms with Crippen molar-refractivity contribution in [3.05, 3.63) is 64.3 Å². The molecule has 30 heavy (non-hydrogen) atoms. The number of aromatic nitrogens is 1. The van der Waals surface area contributed by atoms with E-state index in [0.29, 0.717) is 13.2 Å². The number of anilines is 1. The molecule has 2 aromatic carbocycles. The zero-order valence-corrected chi connectivity index (χ0v) is 16.9. The minimum Gasteiger partial charge on any atom is -0.492 e. The lowest BCUT2D eigenvalue weighted by atomic mass is 10.1. The Labute approximate surface area is 175 Å². The molecule has 0 amide bonds. The molecule has 0 atom stereocenters. The van der Waals surface area contributed by atoms with E-state index in [-0.39, 0.29) is 10.6 Å². The van der Waals surface area contributed by atoms with E-state index in [1.807, 2.05) is 30.5 Å². The van der Waals surface area contributed by atoms with Crippen LogP contribution in [0.2, 0.25) is 0 Å². The fourth-order valence-corrected chi connectivity index (χ4v) is 3.92. The van der Waals surface area contributed by atoms with Crippen molar-refractivity contribution in [3.63, 3.8) is 0 Å². The molecular formula is C22H27N5O3. The quantitative estimate of drug-likeness (QED) is 0.438. The summed E-state index contributed by atoms with van der Waals surface area (Å²) >= 11 is 0. The van der Waals surface area contributed by atoms with E-state index in [9.17, 15) is 10.1 Å². The number of nitrogens with zero attached hydrogens (tertiary/aromatic N) is 3. The number of non-ortho nitro benzene ring substituents is 1. The SMILES string of the molecule is NCCc1c[nH]c2ccc(OCCN3CCN(c4ccc([N+](=O)[O-])cc4)CC3)cc12. The number of benzene rings is 2. The number of aromatic amines is 1. The molecule has 1 aliphatic heterocycles. The highest BCUT2D eigenvalue weighted by Crippen LogP contribution is 2.24. The molecule has 1 saturated heterocycles. The molecule has 4 rings (SSSR count). The standard InChI is InChI=1S/C22H27N5O3/c23-8-7-17-16-24-22-6-5-20(15-21(17)22)30-14-13-25-9-11-26(12-10-25)18-1-3-19(4-2-18)27(28)29/h1-6,15-16,24H,7-14,23H2. The molecule has 8 nitrogen and oxygen atoms in total. The van der Waals surface area contributed by atoms with Crippen molar-refractivity contribution in [1.82, 2.24) is 9.88 Å². The second-order valence-electron chi connectivity index (χ2n) is 7.51. The highest BCUT2D eigenvalue weighted by molar-refractivity contribution is 5.84. The van der Waals surface area contributed by atoms with Gasteiger partial charge in [0.15, 0.2) is 0 Å². The number of hydrogen-bond acceptors (Lipinski definition) is 6. The van der Waals surface area contributed by atoms with Crippen molar-refractivity contribution in [2.75, 3.05) is 50.8 Å². The monoisotopic (exact) mass is 409 g/mol. The van der Waals surface area contributed by atoms with Crippen LogP contribution >= 0.6 is 0 Å². The van der Waals surface area contributed by atoms with E-state index in [1.54, 1.807) is 12.1 Å². The van der Waals surface area contributed by atoms with Gasteiger partial charge >= 0.3 is 0 Å². The Hall–Kier alpha value is -3.10. The molecule has 0 aliphatic carbocycles. The summed E-state index contributed by atoms with van der Waals surface area (Å²) in [4.78, 5) is 18.4. The van der Waals surface area contributed by atoms with Gasteiger partial charge in [0.25, 0.3) is 5.69 Å². The predicted octanol–water partition coefficient (Wildman–Crippen LogP) is 2.78. The number of piperazine rings is 1. The fraction of sp³-hybridized carbons (Fsp3) is 0.364. The Balaban J connectivity index is 1.25. The third kappa shape index (κ3) is 4.55. The number of H-pyrrole nitrogens is 1. The van der Waals surface area contributed by atoms with Crippen molar-refractivity contribution in [1.29, 1.82) is 0 Å². The van der Waals surface area contributed by atoms with Gasteiger partial charge in [0.1, 0.15) is 12.4 Å². The van der Waals surface area contributed by atoms with E-state index in [0.717, 1.165) is 56.1 Å². The summed E-state index contributed by atoms with van der Waals surface area (Å²) in [5.74, 6) is 0.880. The molecular weight excluding hydrogens is 382 g/mol. The van der Waals surface area contributed by atoms with E-state index in [1.165, 1.54) is 10.9 Å². The average molecular weight is 409 g/mol. The second-order valence-corrected chi connectivity index (χ2v) is 7.51. The van der Waals surface area contributed by atoms with Crippen molar-refractivity contribution in [2.45, 2.75) is 6.42 Å². The van der Waals surface area contributed by atoms with Crippen LogP contribution in [-0.4, -0.2) is 60.7 Å². The maximum absolute atomic E-state index is 10.8. The lowest BCUT2D eigenvalue weighted by Crippen LogP contribution is -2.47. The fourth-order valence-electron chi connectivity index (χ4n) is 3.92. The van der Waals surface area contributed by atoms with Crippen molar-refractivity contribution in [3.8, 4) is 5.75 Å². The van der Waals surface area contributed by atoms with Gasteiger partial charge in [0, 0.05) is 67.6 Å². The third-order valence-electron chi connectivity index (χ3n) is 5.63. The van der Waals surface area contributed by atoms with Gasteiger partial charge < -0.3 is 20.4 Å². The van der Waals surface area contributed by atoms with Crippen LogP contribution in [0.3, 0.4) is 0 Å². The number of nitrogens with two attached hydrogens (primary N) is 1. The van der Waals surface area contributed by atoms with Gasteiger partial charge in [-0.05, 0) is 48.9 Å². The van der Waals surface area contributed by atoms with Crippen LogP contribution in [0.1, 0.15) is 5.56 Å². The predicted molar refractivity (Wildman–Crippen MR) is 118 cm³/mol. The van der Waals surface area contributed by atoms with Crippen LogP contribution in [0.25, 0.3) is 10.9 Å². The van der Waals surface area contributed by atoms with E-state index < -0.39 is 0 Å². The summed E-state index contributed by atoms with van der Waals surface area (Å²) < 4.78 is 6.00. The molecule has 0 saturated carbocycles. The van der Waals surface area contributed by atoms with Crippen LogP contribution in [0.4, 0.5) is 11.4 Å². The number of nitro benzene ring substituents is 1. The van der Waals surface area contributed by atoms with E-state index >= 15 is 0 Å². The Morgan fingerprint density at radius 3 is 2.57 bits per heavy atom. The average Bonchev–Trinajstić information content (AvgIpc) is 3.17. The summed E-state index contributed by atoms with van der Waals surface area (Å²) in [6.07, 6.45) is 2.87. The Morgan fingerprint density at radius 1 is 1.10 bits per heavy atom. The minimum absolute atomic E-state index is 0.127. The number of nitrogens with one attached hydrogen (secondary N) is 1. The van der Waals surface area contributed by atoms with Crippen molar-refractivity contribution < 1.29 is 9.66 Å². The summed E-state index contributed by atoms with van der Waals surface area (Å²) in [5, 5.41) is 12.0. The number of ether oxygens (including phenoxy) is 1. The maximum atomic E-state index is 10.8. The van der Waals surface area contributed by atoms with Crippen molar-refractivity contribution in [2.24, 2.45) is 5.73 Å². The molecule has 0 bridgehead atoms. The molecule has 3 N–H and O–H groups in total. The lowest BCUT2D eigenvalue weighted by molar-refractivity contribution is -0.384. The van der Waals surface area contributed by atoms with Crippen LogP contribution < -0.4 is 15.4 Å². The molecule has 1 aliphatic rings. The van der Waals surface area contributed by atoms with Crippen LogP contribution in [0.15, 0.2) is 48.7 Å². The second kappa shape index (κ2) is 9.15. The van der Waals surface area contributed by atoms with Gasteiger partial charge in [-0.1, -0.05) is 0 Å². The van der Waals surface area contributed by atoms with Gasteiger partial charge in [-0.15, -0.1) is 0 Å². The number of rotatable bonds is 8. The topological polar surface area (TPSA) is 101 Å². The molecule has 158 valence electrons. The highest BCUT2D eigenvalue weighted by atomic mass is 16.6. The molecule has 1 aromatic heterocycles. The van der Waals surface area contributed by atoms with Gasteiger partial charge in [-0.3, -0.25) is 15.0 Å². The van der Waals surface area contributed by atoms with Crippen LogP contribution in [0.5, 0.6) is 5.75 Å². The number of fused-ring (bicyclic) bond motifs is 1. The molecule has 1 fully saturated rings. The first-order chi connectivity index (χ1) is 14.6. The molecule has 8 heteroatoms. The van der Waals surface area contributed by atoms with Gasteiger partial charge in [-0.2, -0.15) is 0 Å². The first-order valence-electron chi connectivity index (χ1n) is 10.3. The van der Waals surface area contributed by atoms with Gasteiger partial charge in [0.2, 0.25) is 0 Å². The smallest absolute Gasteiger partial charge is 0.269 e. The maximum Gasteiger partial charge on any atom is 0.269 e. The molecule has 0 radical (unpaired) electrons. The largest absolute Gasteiger partial charge is 0.492 e. The lowest BCUT2D eigenvalue weighted by Gasteiger charge is -2.36. The molecule has 0 spiro atoms. The minimum atomic E-state index is -0.367. The Morgan fingerprint density at radius 2 is 1.87 bits per heavy atom. The third-order valence-corrected chi connectivity index (χ3v) is 5.63. The number of nitro groups is 1. The summed E-state index contributed by atoms with van der Waals surface area (Å²) in [5.41, 5.74) is 9.18.